The maximum atomic E-state index is 14.4. The van der Waals surface area contributed by atoms with E-state index in [1.807, 2.05) is 36.4 Å². The molecule has 6 nitrogen and oxygen atoms in total. The SMILES string of the molecule is COc1cccc(CN2CCN(c3nc4ccccc4n3CCO)CC2)c1F. The molecule has 1 aromatic heterocycles. The molecule has 0 spiro atoms. The van der Waals surface area contributed by atoms with Gasteiger partial charge in [0.05, 0.1) is 24.8 Å². The minimum atomic E-state index is -0.280. The van der Waals surface area contributed by atoms with Crippen LogP contribution in [0.4, 0.5) is 10.3 Å². The minimum absolute atomic E-state index is 0.0719. The summed E-state index contributed by atoms with van der Waals surface area (Å²) >= 11 is 0. The lowest BCUT2D eigenvalue weighted by Gasteiger charge is -2.35. The van der Waals surface area contributed by atoms with Gasteiger partial charge in [0.25, 0.3) is 0 Å². The smallest absolute Gasteiger partial charge is 0.206 e. The molecule has 0 amide bonds. The summed E-state index contributed by atoms with van der Waals surface area (Å²) in [5.74, 6) is 0.897. The van der Waals surface area contributed by atoms with Gasteiger partial charge in [-0.25, -0.2) is 9.37 Å². The second-order valence-corrected chi connectivity index (χ2v) is 6.97. The number of aromatic nitrogens is 2. The number of rotatable bonds is 6. The van der Waals surface area contributed by atoms with Crippen LogP contribution in [0.25, 0.3) is 11.0 Å². The van der Waals surface area contributed by atoms with Crippen molar-refractivity contribution < 1.29 is 14.2 Å². The third kappa shape index (κ3) is 3.55. The Morgan fingerprint density at radius 1 is 1.07 bits per heavy atom. The van der Waals surface area contributed by atoms with Crippen molar-refractivity contribution >= 4 is 17.0 Å². The van der Waals surface area contributed by atoms with Crippen LogP contribution in [0, 0.1) is 5.82 Å². The lowest BCUT2D eigenvalue weighted by molar-refractivity contribution is 0.242. The van der Waals surface area contributed by atoms with Crippen LogP contribution in [0.5, 0.6) is 5.75 Å². The van der Waals surface area contributed by atoms with Gasteiger partial charge in [0, 0.05) is 44.8 Å². The molecule has 2 heterocycles. The maximum absolute atomic E-state index is 14.4. The molecule has 28 heavy (non-hydrogen) atoms. The summed E-state index contributed by atoms with van der Waals surface area (Å²) in [6, 6.07) is 13.3. The van der Waals surface area contributed by atoms with Crippen LogP contribution in [-0.4, -0.2) is 59.5 Å². The molecule has 4 rings (SSSR count). The van der Waals surface area contributed by atoms with Crippen LogP contribution in [0.1, 0.15) is 5.56 Å². The van der Waals surface area contributed by atoms with Gasteiger partial charge in [-0.2, -0.15) is 0 Å². The largest absolute Gasteiger partial charge is 0.494 e. The maximum Gasteiger partial charge on any atom is 0.206 e. The first-order valence-electron chi connectivity index (χ1n) is 9.56. The Bertz CT molecular complexity index is 951. The topological polar surface area (TPSA) is 53.8 Å². The van der Waals surface area contributed by atoms with Crippen molar-refractivity contribution in [2.75, 3.05) is 44.8 Å². The molecular formula is C21H25FN4O2. The molecule has 1 aliphatic rings. The summed E-state index contributed by atoms with van der Waals surface area (Å²) in [4.78, 5) is 9.27. The van der Waals surface area contributed by atoms with Crippen molar-refractivity contribution in [1.29, 1.82) is 0 Å². The molecule has 2 aromatic carbocycles. The Morgan fingerprint density at radius 3 is 2.61 bits per heavy atom. The predicted octanol–water partition coefficient (Wildman–Crippen LogP) is 2.50. The number of aliphatic hydroxyl groups excluding tert-OH is 1. The van der Waals surface area contributed by atoms with Crippen molar-refractivity contribution in [1.82, 2.24) is 14.5 Å². The molecule has 3 aromatic rings. The highest BCUT2D eigenvalue weighted by Crippen LogP contribution is 2.25. The predicted molar refractivity (Wildman–Crippen MR) is 107 cm³/mol. The standard InChI is InChI=1S/C21H25FN4O2/c1-28-19-8-4-5-16(20(19)22)15-24-9-11-25(12-10-24)21-23-17-6-2-3-7-18(17)26(21)13-14-27/h2-8,27H,9-15H2,1H3. The Labute approximate surface area is 163 Å². The van der Waals surface area contributed by atoms with Crippen LogP contribution in [0.15, 0.2) is 42.5 Å². The summed E-state index contributed by atoms with van der Waals surface area (Å²) < 4.78 is 21.6. The van der Waals surface area contributed by atoms with E-state index in [9.17, 15) is 9.50 Å². The number of methoxy groups -OCH3 is 1. The van der Waals surface area contributed by atoms with Gasteiger partial charge in [-0.15, -0.1) is 0 Å². The first-order chi connectivity index (χ1) is 13.7. The van der Waals surface area contributed by atoms with E-state index in [0.717, 1.165) is 43.2 Å². The van der Waals surface area contributed by atoms with Crippen molar-refractivity contribution in [3.63, 3.8) is 0 Å². The molecule has 0 radical (unpaired) electrons. The van der Waals surface area contributed by atoms with Crippen LogP contribution in [0.3, 0.4) is 0 Å². The van der Waals surface area contributed by atoms with Gasteiger partial charge in [-0.3, -0.25) is 4.90 Å². The highest BCUT2D eigenvalue weighted by molar-refractivity contribution is 5.78. The molecule has 0 bridgehead atoms. The number of halogens is 1. The number of nitrogens with zero attached hydrogens (tertiary/aromatic N) is 4. The molecule has 1 saturated heterocycles. The third-order valence-corrected chi connectivity index (χ3v) is 5.27. The van der Waals surface area contributed by atoms with Crippen molar-refractivity contribution in [3.8, 4) is 5.75 Å². The number of ether oxygens (including phenoxy) is 1. The van der Waals surface area contributed by atoms with Crippen LogP contribution in [-0.2, 0) is 13.1 Å². The summed E-state index contributed by atoms with van der Waals surface area (Å²) in [5.41, 5.74) is 2.62. The second-order valence-electron chi connectivity index (χ2n) is 6.97. The Balaban J connectivity index is 1.47. The van der Waals surface area contributed by atoms with E-state index in [1.54, 1.807) is 6.07 Å². The van der Waals surface area contributed by atoms with Gasteiger partial charge in [0.1, 0.15) is 0 Å². The lowest BCUT2D eigenvalue weighted by atomic mass is 10.1. The van der Waals surface area contributed by atoms with Gasteiger partial charge in [0.2, 0.25) is 5.95 Å². The molecular weight excluding hydrogens is 359 g/mol. The Morgan fingerprint density at radius 2 is 1.86 bits per heavy atom. The number of piperazine rings is 1. The molecule has 0 aliphatic carbocycles. The molecule has 0 saturated carbocycles. The highest BCUT2D eigenvalue weighted by atomic mass is 19.1. The fourth-order valence-electron chi connectivity index (χ4n) is 3.81. The molecule has 7 heteroatoms. The zero-order valence-electron chi connectivity index (χ0n) is 16.0. The first-order valence-corrected chi connectivity index (χ1v) is 9.56. The molecule has 1 N–H and O–H groups in total. The summed E-state index contributed by atoms with van der Waals surface area (Å²) in [7, 11) is 1.49. The van der Waals surface area contributed by atoms with Gasteiger partial charge in [0.15, 0.2) is 11.6 Å². The lowest BCUT2D eigenvalue weighted by Crippen LogP contribution is -2.47. The average molecular weight is 384 g/mol. The molecule has 0 atom stereocenters. The van der Waals surface area contributed by atoms with E-state index in [1.165, 1.54) is 7.11 Å². The second kappa shape index (κ2) is 8.16. The van der Waals surface area contributed by atoms with Crippen LogP contribution >= 0.6 is 0 Å². The molecule has 148 valence electrons. The quantitative estimate of drug-likeness (QED) is 0.708. The molecule has 1 aliphatic heterocycles. The van der Waals surface area contributed by atoms with Gasteiger partial charge in [-0.05, 0) is 18.2 Å². The number of fused-ring (bicyclic) bond motifs is 1. The third-order valence-electron chi connectivity index (χ3n) is 5.27. The summed E-state index contributed by atoms with van der Waals surface area (Å²) in [5, 5.41) is 9.47. The first kappa shape index (κ1) is 18.7. The fraction of sp³-hybridized carbons (Fsp3) is 0.381. The summed E-state index contributed by atoms with van der Waals surface area (Å²) in [6.07, 6.45) is 0. The van der Waals surface area contributed by atoms with E-state index in [4.69, 9.17) is 9.72 Å². The van der Waals surface area contributed by atoms with Crippen molar-refractivity contribution in [2.24, 2.45) is 0 Å². The number of hydrogen-bond donors (Lipinski definition) is 1. The molecule has 0 unspecified atom stereocenters. The van der Waals surface area contributed by atoms with E-state index < -0.39 is 0 Å². The number of imidazole rings is 1. The zero-order chi connectivity index (χ0) is 19.5. The fourth-order valence-corrected chi connectivity index (χ4v) is 3.81. The van der Waals surface area contributed by atoms with Crippen LogP contribution < -0.4 is 9.64 Å². The average Bonchev–Trinajstić information content (AvgIpc) is 3.09. The van der Waals surface area contributed by atoms with E-state index in [0.29, 0.717) is 18.7 Å². The summed E-state index contributed by atoms with van der Waals surface area (Å²) in [6.45, 7) is 4.40. The highest BCUT2D eigenvalue weighted by Gasteiger charge is 2.23. The normalized spacial score (nSPS) is 15.3. The Kier molecular flexibility index (Phi) is 5.45. The number of benzene rings is 2. The van der Waals surface area contributed by atoms with Crippen molar-refractivity contribution in [2.45, 2.75) is 13.1 Å². The minimum Gasteiger partial charge on any atom is -0.494 e. The van der Waals surface area contributed by atoms with Crippen molar-refractivity contribution in [3.05, 3.63) is 53.8 Å². The van der Waals surface area contributed by atoms with Crippen LogP contribution in [0.2, 0.25) is 0 Å². The van der Waals surface area contributed by atoms with Gasteiger partial charge >= 0.3 is 0 Å². The van der Waals surface area contributed by atoms with E-state index in [2.05, 4.69) is 14.4 Å². The zero-order valence-corrected chi connectivity index (χ0v) is 16.0. The number of anilines is 1. The number of aliphatic hydroxyl groups is 1. The van der Waals surface area contributed by atoms with Gasteiger partial charge < -0.3 is 19.3 Å². The van der Waals surface area contributed by atoms with Gasteiger partial charge in [-0.1, -0.05) is 24.3 Å². The van der Waals surface area contributed by atoms with E-state index >= 15 is 0 Å². The Hall–Kier alpha value is -2.64. The number of hydrogen-bond acceptors (Lipinski definition) is 5. The monoisotopic (exact) mass is 384 g/mol. The number of para-hydroxylation sites is 2. The van der Waals surface area contributed by atoms with E-state index in [-0.39, 0.29) is 18.2 Å². The molecule has 1 fully saturated rings.